The van der Waals surface area contributed by atoms with Gasteiger partial charge in [-0.05, 0) is 57.4 Å². The molecule has 2 aromatic rings. The molecule has 0 bridgehead atoms. The Bertz CT molecular complexity index is 792. The molecule has 1 N–H and O–H groups in total. The van der Waals surface area contributed by atoms with Crippen molar-refractivity contribution in [2.24, 2.45) is 0 Å². The molecule has 1 aromatic heterocycles. The van der Waals surface area contributed by atoms with Crippen LogP contribution in [-0.4, -0.2) is 46.5 Å². The lowest BCUT2D eigenvalue weighted by Gasteiger charge is -2.30. The molecule has 1 atom stereocenters. The molecule has 0 radical (unpaired) electrons. The Morgan fingerprint density at radius 2 is 2.03 bits per heavy atom. The van der Waals surface area contributed by atoms with Crippen molar-refractivity contribution in [3.63, 3.8) is 0 Å². The highest BCUT2D eigenvalue weighted by Gasteiger charge is 2.22. The van der Waals surface area contributed by atoms with Crippen LogP contribution in [-0.2, 0) is 17.7 Å². The number of amides is 1. The molecular weight excluding hydrogens is 382 g/mol. The van der Waals surface area contributed by atoms with Crippen LogP contribution >= 0.6 is 11.8 Å². The number of nitrogens with zero attached hydrogens (tertiary/aromatic N) is 2. The fourth-order valence-corrected chi connectivity index (χ4v) is 4.32. The van der Waals surface area contributed by atoms with Gasteiger partial charge in [0.15, 0.2) is 0 Å². The maximum Gasteiger partial charge on any atom is 0.407 e. The van der Waals surface area contributed by atoms with Crippen LogP contribution in [0.2, 0.25) is 0 Å². The van der Waals surface area contributed by atoms with Gasteiger partial charge in [-0.25, -0.2) is 4.79 Å². The summed E-state index contributed by atoms with van der Waals surface area (Å²) in [4.78, 5) is 20.5. The summed E-state index contributed by atoms with van der Waals surface area (Å²) in [5.74, 6) is 0.811. The summed E-state index contributed by atoms with van der Waals surface area (Å²) in [7, 11) is 0. The van der Waals surface area contributed by atoms with E-state index in [-0.39, 0.29) is 12.1 Å². The van der Waals surface area contributed by atoms with E-state index in [9.17, 15) is 4.79 Å². The number of fused-ring (bicyclic) bond motifs is 1. The van der Waals surface area contributed by atoms with Gasteiger partial charge in [-0.3, -0.25) is 9.88 Å². The van der Waals surface area contributed by atoms with Gasteiger partial charge in [-0.15, -0.1) is 11.8 Å². The second-order valence-electron chi connectivity index (χ2n) is 8.39. The van der Waals surface area contributed by atoms with Gasteiger partial charge in [0.1, 0.15) is 5.60 Å². The third-order valence-electron chi connectivity index (χ3n) is 4.76. The molecule has 2 heterocycles. The van der Waals surface area contributed by atoms with Crippen LogP contribution in [0.25, 0.3) is 0 Å². The molecule has 3 rings (SSSR count). The van der Waals surface area contributed by atoms with Crippen LogP contribution in [0, 0.1) is 0 Å². The topological polar surface area (TPSA) is 54.5 Å². The van der Waals surface area contributed by atoms with E-state index >= 15 is 0 Å². The van der Waals surface area contributed by atoms with Gasteiger partial charge < -0.3 is 10.1 Å². The molecule has 5 nitrogen and oxygen atoms in total. The Balaban J connectivity index is 1.56. The fourth-order valence-electron chi connectivity index (χ4n) is 3.32. The van der Waals surface area contributed by atoms with Gasteiger partial charge >= 0.3 is 6.09 Å². The normalized spacial score (nSPS) is 15.4. The van der Waals surface area contributed by atoms with Crippen molar-refractivity contribution in [2.75, 3.05) is 18.8 Å². The Hall–Kier alpha value is -2.05. The van der Waals surface area contributed by atoms with Crippen molar-refractivity contribution in [3.05, 3.63) is 59.9 Å². The Morgan fingerprint density at radius 1 is 1.24 bits per heavy atom. The SMILES string of the molecule is CC(C)(C)OC(=O)N[C@H](CCN1CCc2cccnc2C1)CSc1ccccc1. The number of alkyl carbamates (subject to hydrolysis) is 1. The summed E-state index contributed by atoms with van der Waals surface area (Å²) < 4.78 is 5.48. The number of benzene rings is 1. The average Bonchev–Trinajstić information content (AvgIpc) is 2.69. The molecule has 0 fully saturated rings. The average molecular weight is 414 g/mol. The highest BCUT2D eigenvalue weighted by atomic mass is 32.2. The number of carbonyl (C=O) groups is 1. The summed E-state index contributed by atoms with van der Waals surface area (Å²) in [6, 6.07) is 14.5. The number of ether oxygens (including phenoxy) is 1. The van der Waals surface area contributed by atoms with Gasteiger partial charge in [-0.1, -0.05) is 24.3 Å². The van der Waals surface area contributed by atoms with Crippen molar-refractivity contribution in [2.45, 2.75) is 56.7 Å². The highest BCUT2D eigenvalue weighted by molar-refractivity contribution is 7.99. The quantitative estimate of drug-likeness (QED) is 0.677. The molecule has 29 heavy (non-hydrogen) atoms. The van der Waals surface area contributed by atoms with Crippen LogP contribution in [0.3, 0.4) is 0 Å². The van der Waals surface area contributed by atoms with Gasteiger partial charge in [0, 0.05) is 42.5 Å². The lowest BCUT2D eigenvalue weighted by atomic mass is 10.0. The van der Waals surface area contributed by atoms with E-state index in [1.165, 1.54) is 16.2 Å². The standard InChI is InChI=1S/C23H31N3O2S/c1-23(2,3)28-22(27)25-19(17-29-20-9-5-4-6-10-20)12-15-26-14-11-18-8-7-13-24-21(18)16-26/h4-10,13,19H,11-12,14-17H2,1-3H3,(H,25,27)/t19-/m1/s1. The van der Waals surface area contributed by atoms with Crippen molar-refractivity contribution in [1.82, 2.24) is 15.2 Å². The molecule has 0 spiro atoms. The zero-order valence-electron chi connectivity index (χ0n) is 17.6. The maximum absolute atomic E-state index is 12.3. The van der Waals surface area contributed by atoms with Crippen molar-refractivity contribution >= 4 is 17.9 Å². The first-order valence-corrected chi connectivity index (χ1v) is 11.2. The van der Waals surface area contributed by atoms with E-state index in [0.717, 1.165) is 38.2 Å². The minimum Gasteiger partial charge on any atom is -0.444 e. The van der Waals surface area contributed by atoms with Crippen molar-refractivity contribution in [3.8, 4) is 0 Å². The molecule has 156 valence electrons. The summed E-state index contributed by atoms with van der Waals surface area (Å²) in [6.45, 7) is 8.49. The minimum atomic E-state index is -0.497. The number of aromatic nitrogens is 1. The van der Waals surface area contributed by atoms with Crippen LogP contribution in [0.15, 0.2) is 53.6 Å². The zero-order chi connectivity index (χ0) is 20.7. The molecule has 1 aliphatic heterocycles. The van der Waals surface area contributed by atoms with Gasteiger partial charge in [-0.2, -0.15) is 0 Å². The summed E-state index contributed by atoms with van der Waals surface area (Å²) in [5, 5.41) is 3.08. The molecule has 1 aliphatic rings. The smallest absolute Gasteiger partial charge is 0.407 e. The number of hydrogen-bond acceptors (Lipinski definition) is 5. The fraction of sp³-hybridized carbons (Fsp3) is 0.478. The lowest BCUT2D eigenvalue weighted by Crippen LogP contribution is -2.43. The zero-order valence-corrected chi connectivity index (χ0v) is 18.4. The highest BCUT2D eigenvalue weighted by Crippen LogP contribution is 2.21. The number of nitrogens with one attached hydrogen (secondary N) is 1. The molecule has 1 aromatic carbocycles. The first-order valence-electron chi connectivity index (χ1n) is 10.2. The number of hydrogen-bond donors (Lipinski definition) is 1. The van der Waals surface area contributed by atoms with E-state index < -0.39 is 5.60 Å². The minimum absolute atomic E-state index is 0.0418. The molecule has 0 saturated heterocycles. The summed E-state index contributed by atoms with van der Waals surface area (Å²) in [6.07, 6.45) is 3.43. The third kappa shape index (κ3) is 7.37. The molecule has 0 unspecified atom stereocenters. The van der Waals surface area contributed by atoms with Crippen LogP contribution in [0.5, 0.6) is 0 Å². The van der Waals surface area contributed by atoms with Crippen LogP contribution in [0.1, 0.15) is 38.4 Å². The van der Waals surface area contributed by atoms with E-state index in [1.54, 1.807) is 11.8 Å². The van der Waals surface area contributed by atoms with E-state index in [4.69, 9.17) is 4.74 Å². The lowest BCUT2D eigenvalue weighted by molar-refractivity contribution is 0.0504. The Morgan fingerprint density at radius 3 is 2.79 bits per heavy atom. The van der Waals surface area contributed by atoms with Gasteiger partial charge in [0.25, 0.3) is 0 Å². The molecule has 1 amide bonds. The number of thioether (sulfide) groups is 1. The van der Waals surface area contributed by atoms with Gasteiger partial charge in [0.05, 0.1) is 5.69 Å². The van der Waals surface area contributed by atoms with E-state index in [1.807, 2.05) is 51.2 Å². The summed E-state index contributed by atoms with van der Waals surface area (Å²) in [5.41, 5.74) is 2.03. The molecular formula is C23H31N3O2S. The first-order chi connectivity index (χ1) is 13.9. The van der Waals surface area contributed by atoms with Crippen LogP contribution < -0.4 is 5.32 Å². The third-order valence-corrected chi connectivity index (χ3v) is 5.94. The van der Waals surface area contributed by atoms with E-state index in [2.05, 4.69) is 33.4 Å². The number of rotatable bonds is 7. The number of carbonyl (C=O) groups excluding carboxylic acids is 1. The predicted molar refractivity (Wildman–Crippen MR) is 118 cm³/mol. The Kier molecular flexibility index (Phi) is 7.56. The second kappa shape index (κ2) is 10.1. The van der Waals surface area contributed by atoms with E-state index in [0.29, 0.717) is 0 Å². The number of pyridine rings is 1. The van der Waals surface area contributed by atoms with Gasteiger partial charge in [0.2, 0.25) is 0 Å². The van der Waals surface area contributed by atoms with Crippen molar-refractivity contribution in [1.29, 1.82) is 0 Å². The second-order valence-corrected chi connectivity index (χ2v) is 9.48. The molecule has 6 heteroatoms. The molecule has 0 saturated carbocycles. The first kappa shape index (κ1) is 21.7. The monoisotopic (exact) mass is 413 g/mol. The summed E-state index contributed by atoms with van der Waals surface area (Å²) >= 11 is 1.76. The van der Waals surface area contributed by atoms with Crippen molar-refractivity contribution < 1.29 is 9.53 Å². The largest absolute Gasteiger partial charge is 0.444 e. The Labute approximate surface area is 178 Å². The molecule has 0 aliphatic carbocycles. The predicted octanol–water partition coefficient (Wildman–Crippen LogP) is 4.52. The maximum atomic E-state index is 12.3. The van der Waals surface area contributed by atoms with Crippen LogP contribution in [0.4, 0.5) is 4.79 Å².